The highest BCUT2D eigenvalue weighted by Crippen LogP contribution is 2.41. The van der Waals surface area contributed by atoms with Crippen molar-refractivity contribution in [3.8, 4) is 5.75 Å². The molecule has 7 nitrogen and oxygen atoms in total. The number of ether oxygens (including phenoxy) is 2. The number of aromatic nitrogens is 1. The molecule has 4 rings (SSSR count). The van der Waals surface area contributed by atoms with Crippen LogP contribution in [-0.4, -0.2) is 48.7 Å². The highest BCUT2D eigenvalue weighted by atomic mass is 19.3. The Hall–Kier alpha value is -2.94. The minimum absolute atomic E-state index is 0.0758. The molecule has 9 heteroatoms. The Morgan fingerprint density at radius 2 is 1.89 bits per heavy atom. The van der Waals surface area contributed by atoms with Crippen molar-refractivity contribution < 1.29 is 23.0 Å². The fraction of sp³-hybridized carbons (Fsp3) is 0.556. The van der Waals surface area contributed by atoms with Gasteiger partial charge in [0.15, 0.2) is 0 Å². The highest BCUT2D eigenvalue weighted by Gasteiger charge is 2.47. The van der Waals surface area contributed by atoms with Crippen LogP contribution in [0.1, 0.15) is 65.3 Å². The van der Waals surface area contributed by atoms with Crippen LogP contribution in [0.2, 0.25) is 0 Å². The summed E-state index contributed by atoms with van der Waals surface area (Å²) in [7, 11) is 0. The second kappa shape index (κ2) is 10.6. The first kappa shape index (κ1) is 26.1. The number of rotatable bonds is 8. The molecule has 1 aliphatic heterocycles. The monoisotopic (exact) mass is 503 g/mol. The van der Waals surface area contributed by atoms with E-state index in [2.05, 4.69) is 22.1 Å². The quantitative estimate of drug-likeness (QED) is 0.558. The Kier molecular flexibility index (Phi) is 7.68. The fourth-order valence-corrected chi connectivity index (χ4v) is 5.14. The summed E-state index contributed by atoms with van der Waals surface area (Å²) in [5.41, 5.74) is 3.85. The average Bonchev–Trinajstić information content (AvgIpc) is 2.80. The number of aromatic amines is 1. The van der Waals surface area contributed by atoms with Gasteiger partial charge in [0, 0.05) is 73.8 Å². The van der Waals surface area contributed by atoms with Gasteiger partial charge in [-0.2, -0.15) is 0 Å². The number of hydrogen-bond acceptors (Lipinski definition) is 5. The maximum atomic E-state index is 13.4. The molecule has 0 atom stereocenters. The number of halogens is 2. The van der Waals surface area contributed by atoms with Crippen molar-refractivity contribution in [1.82, 2.24) is 10.3 Å². The van der Waals surface area contributed by atoms with Gasteiger partial charge in [0.1, 0.15) is 11.9 Å². The molecule has 2 aliphatic rings. The van der Waals surface area contributed by atoms with Gasteiger partial charge in [-0.1, -0.05) is 0 Å². The lowest BCUT2D eigenvalue weighted by Gasteiger charge is -2.38. The molecule has 1 aromatic heterocycles. The zero-order chi connectivity index (χ0) is 26.0. The van der Waals surface area contributed by atoms with Crippen LogP contribution in [0.3, 0.4) is 0 Å². The minimum Gasteiger partial charge on any atom is -0.490 e. The van der Waals surface area contributed by atoms with Crippen molar-refractivity contribution in [2.45, 2.75) is 78.0 Å². The first-order chi connectivity index (χ1) is 17.1. The number of benzene rings is 1. The SMILES string of the molecule is CCN(c1cc(OC2CC(F)(F)C2)cc(C(=O)NCc2c(C)cc(C)[nH]c2=O)c1C)C1CCOCC1. The van der Waals surface area contributed by atoms with Crippen LogP contribution in [-0.2, 0) is 11.3 Å². The second-order valence-corrected chi connectivity index (χ2v) is 9.87. The van der Waals surface area contributed by atoms with Crippen LogP contribution >= 0.6 is 0 Å². The molecular weight excluding hydrogens is 468 g/mol. The van der Waals surface area contributed by atoms with Crippen LogP contribution < -0.4 is 20.5 Å². The van der Waals surface area contributed by atoms with E-state index >= 15 is 0 Å². The maximum absolute atomic E-state index is 13.4. The topological polar surface area (TPSA) is 83.7 Å². The van der Waals surface area contributed by atoms with E-state index in [0.717, 1.165) is 41.9 Å². The number of carbonyl (C=O) groups is 1. The van der Waals surface area contributed by atoms with Crippen LogP contribution in [0.5, 0.6) is 5.75 Å². The van der Waals surface area contributed by atoms with E-state index in [1.165, 1.54) is 0 Å². The Balaban J connectivity index is 1.63. The van der Waals surface area contributed by atoms with Crippen molar-refractivity contribution in [3.63, 3.8) is 0 Å². The number of anilines is 1. The lowest BCUT2D eigenvalue weighted by molar-refractivity contribution is -0.134. The van der Waals surface area contributed by atoms with Gasteiger partial charge in [-0.25, -0.2) is 8.78 Å². The fourth-order valence-electron chi connectivity index (χ4n) is 5.14. The number of nitrogens with one attached hydrogen (secondary N) is 2. The lowest BCUT2D eigenvalue weighted by Crippen LogP contribution is -2.43. The molecule has 1 aliphatic carbocycles. The van der Waals surface area contributed by atoms with E-state index in [1.54, 1.807) is 6.07 Å². The van der Waals surface area contributed by atoms with Gasteiger partial charge in [-0.3, -0.25) is 9.59 Å². The Morgan fingerprint density at radius 1 is 1.19 bits per heavy atom. The van der Waals surface area contributed by atoms with Crippen molar-refractivity contribution in [2.24, 2.45) is 0 Å². The van der Waals surface area contributed by atoms with Crippen molar-refractivity contribution in [1.29, 1.82) is 0 Å². The minimum atomic E-state index is -2.70. The summed E-state index contributed by atoms with van der Waals surface area (Å²) in [6, 6.07) is 5.59. The van der Waals surface area contributed by atoms with Crippen LogP contribution in [0.4, 0.5) is 14.5 Å². The van der Waals surface area contributed by atoms with Crippen LogP contribution in [0.25, 0.3) is 0 Å². The summed E-state index contributed by atoms with van der Waals surface area (Å²) in [6.45, 7) is 9.73. The van der Waals surface area contributed by atoms with Crippen LogP contribution in [0.15, 0.2) is 23.0 Å². The third kappa shape index (κ3) is 5.72. The largest absolute Gasteiger partial charge is 0.490 e. The number of H-pyrrole nitrogens is 1. The Labute approximate surface area is 210 Å². The van der Waals surface area contributed by atoms with Gasteiger partial charge < -0.3 is 24.7 Å². The van der Waals surface area contributed by atoms with E-state index in [4.69, 9.17) is 9.47 Å². The molecule has 196 valence electrons. The Morgan fingerprint density at radius 3 is 2.50 bits per heavy atom. The van der Waals surface area contributed by atoms with Gasteiger partial charge in [-0.15, -0.1) is 0 Å². The van der Waals surface area contributed by atoms with Crippen molar-refractivity contribution in [2.75, 3.05) is 24.7 Å². The molecule has 2 fully saturated rings. The van der Waals surface area contributed by atoms with E-state index in [1.807, 2.05) is 32.9 Å². The van der Waals surface area contributed by atoms with Crippen molar-refractivity contribution >= 4 is 11.6 Å². The first-order valence-electron chi connectivity index (χ1n) is 12.6. The molecule has 2 heterocycles. The van der Waals surface area contributed by atoms with E-state index < -0.39 is 12.0 Å². The summed E-state index contributed by atoms with van der Waals surface area (Å²) in [5, 5.41) is 2.87. The number of alkyl halides is 2. The molecule has 1 aromatic carbocycles. The van der Waals surface area contributed by atoms with Gasteiger partial charge in [0.25, 0.3) is 17.4 Å². The molecule has 0 unspecified atom stereocenters. The van der Waals surface area contributed by atoms with Gasteiger partial charge in [0.2, 0.25) is 0 Å². The number of nitrogens with zero attached hydrogens (tertiary/aromatic N) is 1. The molecule has 1 amide bonds. The summed E-state index contributed by atoms with van der Waals surface area (Å²) >= 11 is 0. The van der Waals surface area contributed by atoms with Crippen molar-refractivity contribution in [3.05, 3.63) is 56.5 Å². The number of pyridine rings is 1. The van der Waals surface area contributed by atoms with Gasteiger partial charge in [-0.05, 0) is 63.8 Å². The zero-order valence-electron chi connectivity index (χ0n) is 21.4. The Bertz CT molecular complexity index is 1170. The molecular formula is C27H35F2N3O4. The predicted octanol–water partition coefficient (Wildman–Crippen LogP) is 4.41. The van der Waals surface area contributed by atoms with Crippen LogP contribution in [0, 0.1) is 20.8 Å². The normalized spacial score (nSPS) is 17.9. The molecule has 2 N–H and O–H groups in total. The standard InChI is InChI=1S/C27H35F2N3O4/c1-5-32(19-6-8-35-9-7-19)24-12-20(36-21-13-27(28,29)14-21)11-22(18(24)4)25(33)30-15-23-16(2)10-17(3)31-26(23)34/h10-12,19,21H,5-9,13-15H2,1-4H3,(H,30,33)(H,31,34). The number of hydrogen-bond donors (Lipinski definition) is 2. The van der Waals surface area contributed by atoms with E-state index in [9.17, 15) is 18.4 Å². The van der Waals surface area contributed by atoms with E-state index in [-0.39, 0.29) is 36.9 Å². The molecule has 0 spiro atoms. The molecule has 0 bridgehead atoms. The molecule has 36 heavy (non-hydrogen) atoms. The summed E-state index contributed by atoms with van der Waals surface area (Å²) in [6.07, 6.45) is 0.488. The molecule has 1 saturated carbocycles. The molecule has 2 aromatic rings. The average molecular weight is 504 g/mol. The smallest absolute Gasteiger partial charge is 0.255 e. The lowest BCUT2D eigenvalue weighted by atomic mass is 9.91. The third-order valence-electron chi connectivity index (χ3n) is 7.16. The number of aryl methyl sites for hydroxylation is 2. The number of carbonyl (C=O) groups excluding carboxylic acids is 1. The summed E-state index contributed by atoms with van der Waals surface area (Å²) < 4.78 is 38.3. The maximum Gasteiger partial charge on any atom is 0.255 e. The van der Waals surface area contributed by atoms with E-state index in [0.29, 0.717) is 30.1 Å². The first-order valence-corrected chi connectivity index (χ1v) is 12.6. The zero-order valence-corrected chi connectivity index (χ0v) is 21.4. The number of amides is 1. The summed E-state index contributed by atoms with van der Waals surface area (Å²) in [5.74, 6) is -2.65. The predicted molar refractivity (Wildman–Crippen MR) is 134 cm³/mol. The second-order valence-electron chi connectivity index (χ2n) is 9.87. The third-order valence-corrected chi connectivity index (χ3v) is 7.16. The highest BCUT2D eigenvalue weighted by molar-refractivity contribution is 5.97. The summed E-state index contributed by atoms with van der Waals surface area (Å²) in [4.78, 5) is 30.8. The van der Waals surface area contributed by atoms with Gasteiger partial charge >= 0.3 is 0 Å². The molecule has 1 saturated heterocycles. The molecule has 0 radical (unpaired) electrons. The van der Waals surface area contributed by atoms with Gasteiger partial charge in [0.05, 0.1) is 0 Å².